The van der Waals surface area contributed by atoms with Gasteiger partial charge in [0.25, 0.3) is 0 Å². The second kappa shape index (κ2) is 7.02. The number of methoxy groups -OCH3 is 1. The van der Waals surface area contributed by atoms with Gasteiger partial charge in [0.1, 0.15) is 10.8 Å². The number of anilines is 1. The van der Waals surface area contributed by atoms with Crippen LogP contribution in [0.4, 0.5) is 5.69 Å². The number of ether oxygens (including phenoxy) is 1. The number of amides is 1. The van der Waals surface area contributed by atoms with Crippen molar-refractivity contribution in [3.05, 3.63) is 40.3 Å². The fraction of sp³-hybridized carbons (Fsp3) is 0.286. The maximum Gasteiger partial charge on any atom is 0.238 e. The van der Waals surface area contributed by atoms with E-state index >= 15 is 0 Å². The minimum Gasteiger partial charge on any atom is -0.497 e. The highest BCUT2D eigenvalue weighted by molar-refractivity contribution is 7.09. The van der Waals surface area contributed by atoms with E-state index in [0.29, 0.717) is 6.54 Å². The molecule has 0 atom stereocenters. The summed E-state index contributed by atoms with van der Waals surface area (Å²) in [6.07, 6.45) is 0. The van der Waals surface area contributed by atoms with Crippen LogP contribution in [-0.4, -0.2) is 24.5 Å². The van der Waals surface area contributed by atoms with Crippen molar-refractivity contribution in [2.24, 2.45) is 0 Å². The summed E-state index contributed by atoms with van der Waals surface area (Å²) < 4.78 is 5.06. The number of nitrogens with zero attached hydrogens (tertiary/aromatic N) is 1. The van der Waals surface area contributed by atoms with Gasteiger partial charge in [0, 0.05) is 23.3 Å². The predicted octanol–water partition coefficient (Wildman–Crippen LogP) is 2.19. The predicted molar refractivity (Wildman–Crippen MR) is 80.2 cm³/mol. The lowest BCUT2D eigenvalue weighted by molar-refractivity contribution is -0.115. The van der Waals surface area contributed by atoms with E-state index in [0.717, 1.165) is 22.1 Å². The number of aromatic nitrogens is 1. The molecule has 1 aromatic heterocycles. The number of benzene rings is 1. The van der Waals surface area contributed by atoms with Gasteiger partial charge < -0.3 is 15.4 Å². The number of thiazole rings is 1. The number of carbonyl (C=O) groups excluding carboxylic acids is 1. The monoisotopic (exact) mass is 291 g/mol. The van der Waals surface area contributed by atoms with Crippen molar-refractivity contribution < 1.29 is 9.53 Å². The minimum atomic E-state index is -0.0801. The maximum absolute atomic E-state index is 11.7. The number of carbonyl (C=O) groups is 1. The molecule has 0 radical (unpaired) electrons. The summed E-state index contributed by atoms with van der Waals surface area (Å²) in [7, 11) is 1.61. The number of rotatable bonds is 6. The third-order valence-corrected chi connectivity index (χ3v) is 3.57. The summed E-state index contributed by atoms with van der Waals surface area (Å²) in [6.45, 7) is 2.82. The number of aryl methyl sites for hydroxylation is 1. The van der Waals surface area contributed by atoms with Crippen molar-refractivity contribution in [2.75, 3.05) is 19.0 Å². The zero-order valence-electron chi connectivity index (χ0n) is 11.5. The quantitative estimate of drug-likeness (QED) is 0.856. The Labute approximate surface area is 122 Å². The van der Waals surface area contributed by atoms with Gasteiger partial charge in [-0.1, -0.05) is 0 Å². The molecule has 0 aliphatic carbocycles. The fourth-order valence-electron chi connectivity index (χ4n) is 1.65. The lowest BCUT2D eigenvalue weighted by Gasteiger charge is -2.06. The lowest BCUT2D eigenvalue weighted by atomic mass is 10.3. The molecule has 0 bridgehead atoms. The summed E-state index contributed by atoms with van der Waals surface area (Å²) in [4.78, 5) is 16.1. The molecular weight excluding hydrogens is 274 g/mol. The first-order chi connectivity index (χ1) is 9.67. The van der Waals surface area contributed by atoms with Gasteiger partial charge in [0.15, 0.2) is 0 Å². The Balaban J connectivity index is 1.74. The smallest absolute Gasteiger partial charge is 0.238 e. The highest BCUT2D eigenvalue weighted by Gasteiger charge is 2.03. The molecule has 0 aliphatic rings. The molecule has 20 heavy (non-hydrogen) atoms. The van der Waals surface area contributed by atoms with Crippen LogP contribution in [0.5, 0.6) is 5.75 Å². The number of hydrogen-bond acceptors (Lipinski definition) is 5. The van der Waals surface area contributed by atoms with E-state index in [-0.39, 0.29) is 12.5 Å². The Morgan fingerprint density at radius 3 is 2.70 bits per heavy atom. The van der Waals surface area contributed by atoms with E-state index in [1.807, 2.05) is 12.3 Å². The van der Waals surface area contributed by atoms with E-state index in [1.54, 1.807) is 42.7 Å². The first kappa shape index (κ1) is 14.5. The minimum absolute atomic E-state index is 0.0801. The summed E-state index contributed by atoms with van der Waals surface area (Å²) in [5.41, 5.74) is 1.76. The summed E-state index contributed by atoms with van der Waals surface area (Å²) in [5, 5.41) is 8.86. The van der Waals surface area contributed by atoms with Gasteiger partial charge in [-0.05, 0) is 31.2 Å². The van der Waals surface area contributed by atoms with E-state index < -0.39 is 0 Å². The third kappa shape index (κ3) is 4.32. The Morgan fingerprint density at radius 2 is 2.10 bits per heavy atom. The highest BCUT2D eigenvalue weighted by atomic mass is 32.1. The summed E-state index contributed by atoms with van der Waals surface area (Å²) in [5.74, 6) is 0.684. The van der Waals surface area contributed by atoms with Crippen LogP contribution in [0.25, 0.3) is 0 Å². The van der Waals surface area contributed by atoms with Crippen LogP contribution in [0.1, 0.15) is 10.7 Å². The molecule has 1 aromatic carbocycles. The molecule has 2 rings (SSSR count). The van der Waals surface area contributed by atoms with Crippen molar-refractivity contribution in [3.63, 3.8) is 0 Å². The topological polar surface area (TPSA) is 63.2 Å². The zero-order valence-corrected chi connectivity index (χ0v) is 12.3. The average molecular weight is 291 g/mol. The maximum atomic E-state index is 11.7. The summed E-state index contributed by atoms with van der Waals surface area (Å²) >= 11 is 1.59. The zero-order chi connectivity index (χ0) is 14.4. The van der Waals surface area contributed by atoms with Crippen molar-refractivity contribution in [3.8, 4) is 5.75 Å². The van der Waals surface area contributed by atoms with Gasteiger partial charge in [-0.3, -0.25) is 4.79 Å². The number of hydrogen-bond donors (Lipinski definition) is 2. The van der Waals surface area contributed by atoms with Crippen LogP contribution >= 0.6 is 11.3 Å². The molecule has 0 unspecified atom stereocenters. The van der Waals surface area contributed by atoms with Gasteiger partial charge in [-0.2, -0.15) is 0 Å². The van der Waals surface area contributed by atoms with Gasteiger partial charge >= 0.3 is 0 Å². The van der Waals surface area contributed by atoms with Crippen molar-refractivity contribution in [1.82, 2.24) is 10.3 Å². The Hall–Kier alpha value is -1.92. The van der Waals surface area contributed by atoms with Crippen LogP contribution in [0, 0.1) is 6.92 Å². The van der Waals surface area contributed by atoms with Crippen molar-refractivity contribution in [2.45, 2.75) is 13.5 Å². The van der Waals surface area contributed by atoms with Crippen LogP contribution in [0.15, 0.2) is 29.6 Å². The van der Waals surface area contributed by atoms with Crippen LogP contribution in [0.3, 0.4) is 0 Å². The van der Waals surface area contributed by atoms with Gasteiger partial charge in [-0.25, -0.2) is 4.98 Å². The van der Waals surface area contributed by atoms with Crippen LogP contribution in [-0.2, 0) is 11.3 Å². The molecule has 1 amide bonds. The molecule has 0 fully saturated rings. The molecule has 0 saturated heterocycles. The van der Waals surface area contributed by atoms with Crippen LogP contribution < -0.4 is 15.4 Å². The molecule has 5 nitrogen and oxygen atoms in total. The lowest BCUT2D eigenvalue weighted by Crippen LogP contribution is -2.27. The average Bonchev–Trinajstić information content (AvgIpc) is 2.85. The van der Waals surface area contributed by atoms with Crippen molar-refractivity contribution >= 4 is 22.9 Å². The van der Waals surface area contributed by atoms with Gasteiger partial charge in [-0.15, -0.1) is 11.3 Å². The fourth-order valence-corrected chi connectivity index (χ4v) is 2.39. The SMILES string of the molecule is COc1ccc(NC(=O)CNCc2nc(C)cs2)cc1. The molecule has 0 spiro atoms. The Morgan fingerprint density at radius 1 is 1.35 bits per heavy atom. The number of nitrogens with one attached hydrogen (secondary N) is 2. The standard InChI is InChI=1S/C14H17N3O2S/c1-10-9-20-14(16-10)8-15-7-13(18)17-11-3-5-12(19-2)6-4-11/h3-6,9,15H,7-8H2,1-2H3,(H,17,18). The molecule has 6 heteroatoms. The van der Waals surface area contributed by atoms with Crippen molar-refractivity contribution in [1.29, 1.82) is 0 Å². The Kier molecular flexibility index (Phi) is 5.09. The van der Waals surface area contributed by atoms with E-state index in [9.17, 15) is 4.79 Å². The third-order valence-electron chi connectivity index (χ3n) is 2.60. The second-order valence-electron chi connectivity index (χ2n) is 4.26. The normalized spacial score (nSPS) is 10.3. The molecular formula is C14H17N3O2S. The molecule has 1 heterocycles. The van der Waals surface area contributed by atoms with Crippen LogP contribution in [0.2, 0.25) is 0 Å². The van der Waals surface area contributed by atoms with Gasteiger partial charge in [0.2, 0.25) is 5.91 Å². The highest BCUT2D eigenvalue weighted by Crippen LogP contribution is 2.14. The first-order valence-electron chi connectivity index (χ1n) is 6.23. The molecule has 0 saturated carbocycles. The van der Waals surface area contributed by atoms with E-state index in [2.05, 4.69) is 15.6 Å². The van der Waals surface area contributed by atoms with E-state index in [4.69, 9.17) is 4.74 Å². The second-order valence-corrected chi connectivity index (χ2v) is 5.21. The van der Waals surface area contributed by atoms with Gasteiger partial charge in [0.05, 0.1) is 13.7 Å². The Bertz CT molecular complexity index is 566. The van der Waals surface area contributed by atoms with E-state index in [1.165, 1.54) is 0 Å². The largest absolute Gasteiger partial charge is 0.497 e. The molecule has 2 N–H and O–H groups in total. The molecule has 2 aromatic rings. The first-order valence-corrected chi connectivity index (χ1v) is 7.11. The summed E-state index contributed by atoms with van der Waals surface area (Å²) in [6, 6.07) is 7.23. The molecule has 106 valence electrons. The molecule has 0 aliphatic heterocycles.